The van der Waals surface area contributed by atoms with E-state index in [4.69, 9.17) is 21.3 Å². The summed E-state index contributed by atoms with van der Waals surface area (Å²) >= 11 is 6.25. The first-order valence-corrected chi connectivity index (χ1v) is 10.5. The van der Waals surface area contributed by atoms with Crippen molar-refractivity contribution in [2.24, 2.45) is 0 Å². The molecular formula is C24H23ClN2O3. The monoisotopic (exact) mass is 422 g/mol. The van der Waals surface area contributed by atoms with Crippen LogP contribution in [0.5, 0.6) is 0 Å². The van der Waals surface area contributed by atoms with Gasteiger partial charge in [-0.1, -0.05) is 35.9 Å². The van der Waals surface area contributed by atoms with Crippen LogP contribution < -0.4 is 5.32 Å². The fraction of sp³-hybridized carbons (Fsp3) is 0.292. The third-order valence-electron chi connectivity index (χ3n) is 5.40. The molecule has 1 heterocycles. The van der Waals surface area contributed by atoms with E-state index >= 15 is 0 Å². The zero-order valence-electron chi connectivity index (χ0n) is 17.0. The summed E-state index contributed by atoms with van der Waals surface area (Å²) < 4.78 is 5.42. The van der Waals surface area contributed by atoms with E-state index in [9.17, 15) is 9.59 Å². The first kappa shape index (κ1) is 20.4. The van der Waals surface area contributed by atoms with Gasteiger partial charge in [0.25, 0.3) is 5.91 Å². The first-order valence-electron chi connectivity index (χ1n) is 10.1. The Hall–Kier alpha value is -2.92. The summed E-state index contributed by atoms with van der Waals surface area (Å²) in [6, 6.07) is 11.3. The molecule has 3 aromatic rings. The van der Waals surface area contributed by atoms with Gasteiger partial charge in [-0.25, -0.2) is 4.79 Å². The number of anilines is 1. The number of fused-ring (bicyclic) bond motifs is 2. The van der Waals surface area contributed by atoms with E-state index in [1.807, 2.05) is 44.2 Å². The molecule has 0 atom stereocenters. The molecule has 0 bridgehead atoms. The Morgan fingerprint density at radius 1 is 1.13 bits per heavy atom. The van der Waals surface area contributed by atoms with Gasteiger partial charge in [-0.05, 0) is 68.4 Å². The molecule has 0 saturated carbocycles. The minimum Gasteiger partial charge on any atom is -0.452 e. The van der Waals surface area contributed by atoms with Crippen LogP contribution in [0.25, 0.3) is 10.9 Å². The zero-order chi connectivity index (χ0) is 21.3. The normalized spacial score (nSPS) is 13.0. The Balaban J connectivity index is 1.55. The second-order valence-corrected chi connectivity index (χ2v) is 8.11. The Labute approximate surface area is 180 Å². The van der Waals surface area contributed by atoms with Crippen LogP contribution in [0.4, 0.5) is 5.69 Å². The summed E-state index contributed by atoms with van der Waals surface area (Å²) in [6.07, 6.45) is 3.72. The van der Waals surface area contributed by atoms with Crippen LogP contribution in [-0.2, 0) is 22.4 Å². The number of carbonyl (C=O) groups is 2. The average Bonchev–Trinajstić information content (AvgIpc) is 2.72. The molecule has 1 N–H and O–H groups in total. The lowest BCUT2D eigenvalue weighted by Gasteiger charge is -2.20. The van der Waals surface area contributed by atoms with Gasteiger partial charge in [-0.15, -0.1) is 0 Å². The molecule has 6 heteroatoms. The number of aromatic nitrogens is 1. The molecule has 30 heavy (non-hydrogen) atoms. The summed E-state index contributed by atoms with van der Waals surface area (Å²) in [5.41, 5.74) is 5.62. The molecule has 1 aromatic heterocycles. The van der Waals surface area contributed by atoms with E-state index in [1.165, 1.54) is 0 Å². The van der Waals surface area contributed by atoms with E-state index in [2.05, 4.69) is 5.32 Å². The zero-order valence-corrected chi connectivity index (χ0v) is 17.8. The number of halogens is 1. The molecule has 0 radical (unpaired) electrons. The summed E-state index contributed by atoms with van der Waals surface area (Å²) in [5, 5.41) is 3.98. The van der Waals surface area contributed by atoms with Crippen molar-refractivity contribution in [3.05, 3.63) is 69.4 Å². The van der Waals surface area contributed by atoms with Crippen molar-refractivity contribution in [1.29, 1.82) is 0 Å². The van der Waals surface area contributed by atoms with Crippen molar-refractivity contribution >= 4 is 40.1 Å². The van der Waals surface area contributed by atoms with Crippen molar-refractivity contribution in [2.45, 2.75) is 39.5 Å². The fourth-order valence-electron chi connectivity index (χ4n) is 4.06. The highest BCUT2D eigenvalue weighted by atomic mass is 35.5. The molecule has 2 aromatic carbocycles. The van der Waals surface area contributed by atoms with Gasteiger partial charge >= 0.3 is 5.97 Å². The lowest BCUT2D eigenvalue weighted by Crippen LogP contribution is -2.23. The van der Waals surface area contributed by atoms with Gasteiger partial charge < -0.3 is 10.1 Å². The largest absolute Gasteiger partial charge is 0.452 e. The number of ether oxygens (including phenoxy) is 1. The highest BCUT2D eigenvalue weighted by Crippen LogP contribution is 2.30. The quantitative estimate of drug-likeness (QED) is 0.588. The Kier molecular flexibility index (Phi) is 5.73. The number of pyridine rings is 1. The smallest absolute Gasteiger partial charge is 0.339 e. The molecule has 0 fully saturated rings. The molecule has 1 amide bonds. The summed E-state index contributed by atoms with van der Waals surface area (Å²) in [7, 11) is 0. The maximum Gasteiger partial charge on any atom is 0.339 e. The number of hydrogen-bond acceptors (Lipinski definition) is 4. The lowest BCUT2D eigenvalue weighted by atomic mass is 9.90. The number of aryl methyl sites for hydroxylation is 3. The highest BCUT2D eigenvalue weighted by Gasteiger charge is 2.24. The lowest BCUT2D eigenvalue weighted by molar-refractivity contribution is -0.119. The topological polar surface area (TPSA) is 68.3 Å². The van der Waals surface area contributed by atoms with Crippen molar-refractivity contribution in [3.63, 3.8) is 0 Å². The van der Waals surface area contributed by atoms with Gasteiger partial charge in [0.15, 0.2) is 6.61 Å². The number of carbonyl (C=O) groups excluding carboxylic acids is 2. The van der Waals surface area contributed by atoms with Crippen molar-refractivity contribution in [3.8, 4) is 0 Å². The number of amides is 1. The number of esters is 1. The minimum atomic E-state index is -0.492. The molecule has 0 spiro atoms. The maximum absolute atomic E-state index is 13.0. The fourth-order valence-corrected chi connectivity index (χ4v) is 4.43. The molecule has 4 rings (SSSR count). The molecule has 0 unspecified atom stereocenters. The number of nitrogens with zero attached hydrogens (tertiary/aromatic N) is 1. The maximum atomic E-state index is 13.0. The third-order valence-corrected chi connectivity index (χ3v) is 5.70. The van der Waals surface area contributed by atoms with E-state index in [0.717, 1.165) is 59.0 Å². The molecular weight excluding hydrogens is 400 g/mol. The number of hydrogen-bond donors (Lipinski definition) is 1. The molecule has 1 aliphatic carbocycles. The summed E-state index contributed by atoms with van der Waals surface area (Å²) in [4.78, 5) is 30.2. The number of para-hydroxylation sites is 1. The second-order valence-electron chi connectivity index (χ2n) is 7.70. The van der Waals surface area contributed by atoms with Crippen LogP contribution >= 0.6 is 11.6 Å². The predicted octanol–water partition coefficient (Wildman–Crippen LogP) is 5.18. The van der Waals surface area contributed by atoms with Crippen molar-refractivity contribution in [1.82, 2.24) is 4.98 Å². The van der Waals surface area contributed by atoms with Crippen molar-refractivity contribution in [2.75, 3.05) is 11.9 Å². The van der Waals surface area contributed by atoms with Gasteiger partial charge in [0.2, 0.25) is 0 Å². The molecule has 1 aliphatic rings. The summed E-state index contributed by atoms with van der Waals surface area (Å²) in [5.74, 6) is -0.918. The van der Waals surface area contributed by atoms with E-state index in [0.29, 0.717) is 16.3 Å². The third kappa shape index (κ3) is 4.03. The minimum absolute atomic E-state index is 0.381. The summed E-state index contributed by atoms with van der Waals surface area (Å²) in [6.45, 7) is 3.43. The van der Waals surface area contributed by atoms with Gasteiger partial charge in [0, 0.05) is 11.1 Å². The van der Waals surface area contributed by atoms with Gasteiger partial charge in [0.05, 0.1) is 21.8 Å². The van der Waals surface area contributed by atoms with Gasteiger partial charge in [0.1, 0.15) is 0 Å². The van der Waals surface area contributed by atoms with Crippen LogP contribution in [0.15, 0.2) is 36.4 Å². The second kappa shape index (κ2) is 8.44. The van der Waals surface area contributed by atoms with E-state index in [-0.39, 0.29) is 6.61 Å². The standard InChI is InChI=1S/C24H23ClN2O3/c1-14-11-15(2)23(18(25)12-14)27-21(28)13-30-24(29)22-16-7-3-5-9-19(16)26-20-10-6-4-8-17(20)22/h3,5,7,9,11-12H,4,6,8,10,13H2,1-2H3,(H,27,28). The highest BCUT2D eigenvalue weighted by molar-refractivity contribution is 6.34. The van der Waals surface area contributed by atoms with Crippen LogP contribution in [-0.4, -0.2) is 23.5 Å². The molecule has 0 aliphatic heterocycles. The van der Waals surface area contributed by atoms with Crippen LogP contribution in [0.2, 0.25) is 5.02 Å². The van der Waals surface area contributed by atoms with Crippen LogP contribution in [0.1, 0.15) is 45.6 Å². The van der Waals surface area contributed by atoms with Gasteiger partial charge in [-0.2, -0.15) is 0 Å². The first-order chi connectivity index (χ1) is 14.4. The van der Waals surface area contributed by atoms with Crippen molar-refractivity contribution < 1.29 is 14.3 Å². The Morgan fingerprint density at radius 3 is 2.70 bits per heavy atom. The molecule has 154 valence electrons. The van der Waals surface area contributed by atoms with Crippen LogP contribution in [0, 0.1) is 13.8 Å². The van der Waals surface area contributed by atoms with E-state index < -0.39 is 11.9 Å². The Morgan fingerprint density at radius 2 is 1.90 bits per heavy atom. The predicted molar refractivity (Wildman–Crippen MR) is 118 cm³/mol. The number of rotatable bonds is 4. The van der Waals surface area contributed by atoms with Crippen LogP contribution in [0.3, 0.4) is 0 Å². The molecule has 0 saturated heterocycles. The van der Waals surface area contributed by atoms with E-state index in [1.54, 1.807) is 6.07 Å². The molecule has 5 nitrogen and oxygen atoms in total. The average molecular weight is 423 g/mol. The number of nitrogens with one attached hydrogen (secondary N) is 1. The Bertz CT molecular complexity index is 1130. The SMILES string of the molecule is Cc1cc(C)c(NC(=O)COC(=O)c2c3c(nc4ccccc24)CCCC3)c(Cl)c1. The van der Waals surface area contributed by atoms with Gasteiger partial charge in [-0.3, -0.25) is 9.78 Å². The number of benzene rings is 2.